The first-order valence-electron chi connectivity index (χ1n) is 6.78. The average Bonchev–Trinajstić information content (AvgIpc) is 3.19. The van der Waals surface area contributed by atoms with Gasteiger partial charge in [-0.15, -0.1) is 0 Å². The molecule has 4 nitrogen and oxygen atoms in total. The van der Waals surface area contributed by atoms with E-state index in [9.17, 15) is 4.79 Å². The first-order valence-corrected chi connectivity index (χ1v) is 7.57. The summed E-state index contributed by atoms with van der Waals surface area (Å²) in [5.74, 6) is 0.592. The van der Waals surface area contributed by atoms with Crippen LogP contribution in [-0.4, -0.2) is 24.0 Å². The van der Waals surface area contributed by atoms with Crippen LogP contribution < -0.4 is 10.6 Å². The number of nitrogens with one attached hydrogen (secondary N) is 2. The molecule has 2 rings (SSSR count). The van der Waals surface area contributed by atoms with Crippen LogP contribution in [0.5, 0.6) is 0 Å². The van der Waals surface area contributed by atoms with Crippen molar-refractivity contribution < 1.29 is 4.79 Å². The topological polar surface area (TPSA) is 54.0 Å². The van der Waals surface area contributed by atoms with Gasteiger partial charge in [-0.2, -0.15) is 0 Å². The molecule has 0 spiro atoms. The molecule has 1 aliphatic rings. The number of amides is 1. The quantitative estimate of drug-likeness (QED) is 0.844. The third-order valence-electron chi connectivity index (χ3n) is 3.77. The third-order valence-corrected chi connectivity index (χ3v) is 4.21. The molecule has 2 N–H and O–H groups in total. The molecule has 0 unspecified atom stereocenters. The lowest BCUT2D eigenvalue weighted by Gasteiger charge is -2.15. The second-order valence-corrected chi connectivity index (χ2v) is 6.03. The highest BCUT2D eigenvalue weighted by Gasteiger charge is 2.40. The maximum Gasteiger partial charge on any atom is 0.255 e. The largest absolute Gasteiger partial charge is 0.370 e. The van der Waals surface area contributed by atoms with Gasteiger partial charge in [0.15, 0.2) is 0 Å². The van der Waals surface area contributed by atoms with Crippen LogP contribution >= 0.6 is 15.9 Å². The molecule has 1 amide bonds. The van der Waals surface area contributed by atoms with E-state index in [1.165, 1.54) is 12.8 Å². The maximum absolute atomic E-state index is 12.3. The number of halogens is 1. The zero-order valence-electron chi connectivity index (χ0n) is 11.4. The second kappa shape index (κ2) is 5.90. The molecule has 0 aliphatic heterocycles. The predicted octanol–water partition coefficient (Wildman–Crippen LogP) is 3.20. The summed E-state index contributed by atoms with van der Waals surface area (Å²) in [6.45, 7) is 5.68. The molecule has 0 aromatic carbocycles. The highest BCUT2D eigenvalue weighted by Crippen LogP contribution is 2.47. The van der Waals surface area contributed by atoms with E-state index in [-0.39, 0.29) is 5.91 Å². The van der Waals surface area contributed by atoms with Gasteiger partial charge in [0, 0.05) is 23.8 Å². The van der Waals surface area contributed by atoms with E-state index in [0.717, 1.165) is 24.0 Å². The van der Waals surface area contributed by atoms with E-state index in [1.54, 1.807) is 6.20 Å². The molecule has 0 atom stereocenters. The minimum absolute atomic E-state index is 0.0514. The molecule has 1 fully saturated rings. The Morgan fingerprint density at radius 3 is 2.79 bits per heavy atom. The standard InChI is InChI=1S/C14H20BrN3O/c1-3-14(5-6-14)9-18-13(19)11-7-10(15)8-17-12(11)16-4-2/h7-8H,3-6,9H2,1-2H3,(H,16,17)(H,18,19). The molecule has 1 aromatic rings. The number of anilines is 1. The van der Waals surface area contributed by atoms with Crippen LogP contribution in [0.4, 0.5) is 5.82 Å². The van der Waals surface area contributed by atoms with Crippen molar-refractivity contribution >= 4 is 27.7 Å². The van der Waals surface area contributed by atoms with Crippen LogP contribution in [0, 0.1) is 5.41 Å². The fourth-order valence-electron chi connectivity index (χ4n) is 2.12. The average molecular weight is 326 g/mol. The van der Waals surface area contributed by atoms with Crippen molar-refractivity contribution in [1.29, 1.82) is 0 Å². The van der Waals surface area contributed by atoms with Crippen LogP contribution in [0.2, 0.25) is 0 Å². The van der Waals surface area contributed by atoms with Crippen molar-refractivity contribution in [2.45, 2.75) is 33.1 Å². The summed E-state index contributed by atoms with van der Waals surface area (Å²) in [6.07, 6.45) is 5.27. The number of aromatic nitrogens is 1. The Morgan fingerprint density at radius 1 is 1.47 bits per heavy atom. The Kier molecular flexibility index (Phi) is 4.45. The third kappa shape index (κ3) is 3.47. The summed E-state index contributed by atoms with van der Waals surface area (Å²) in [5, 5.41) is 6.16. The summed E-state index contributed by atoms with van der Waals surface area (Å²) in [4.78, 5) is 16.5. The van der Waals surface area contributed by atoms with Gasteiger partial charge in [0.2, 0.25) is 0 Å². The van der Waals surface area contributed by atoms with Crippen molar-refractivity contribution in [2.75, 3.05) is 18.4 Å². The highest BCUT2D eigenvalue weighted by atomic mass is 79.9. The van der Waals surface area contributed by atoms with Gasteiger partial charge in [-0.25, -0.2) is 4.98 Å². The lowest BCUT2D eigenvalue weighted by molar-refractivity contribution is 0.0945. The van der Waals surface area contributed by atoms with Gasteiger partial charge in [0.1, 0.15) is 5.82 Å². The van der Waals surface area contributed by atoms with Crippen LogP contribution in [0.1, 0.15) is 43.5 Å². The highest BCUT2D eigenvalue weighted by molar-refractivity contribution is 9.10. The Balaban J connectivity index is 2.07. The fourth-order valence-corrected chi connectivity index (χ4v) is 2.45. The van der Waals surface area contributed by atoms with Crippen molar-refractivity contribution in [3.8, 4) is 0 Å². The lowest BCUT2D eigenvalue weighted by Crippen LogP contribution is -2.30. The molecule has 19 heavy (non-hydrogen) atoms. The number of carbonyl (C=O) groups excluding carboxylic acids is 1. The molecule has 1 heterocycles. The van der Waals surface area contributed by atoms with Gasteiger partial charge >= 0.3 is 0 Å². The second-order valence-electron chi connectivity index (χ2n) is 5.12. The molecular formula is C14H20BrN3O. The Hall–Kier alpha value is -1.10. The van der Waals surface area contributed by atoms with E-state index >= 15 is 0 Å². The van der Waals surface area contributed by atoms with E-state index in [0.29, 0.717) is 16.8 Å². The summed E-state index contributed by atoms with van der Waals surface area (Å²) in [6, 6.07) is 1.81. The Morgan fingerprint density at radius 2 is 2.21 bits per heavy atom. The Labute approximate surface area is 122 Å². The van der Waals surface area contributed by atoms with Crippen molar-refractivity contribution in [1.82, 2.24) is 10.3 Å². The monoisotopic (exact) mass is 325 g/mol. The predicted molar refractivity (Wildman–Crippen MR) is 80.4 cm³/mol. The molecule has 0 saturated heterocycles. The van der Waals surface area contributed by atoms with Gasteiger partial charge in [0.05, 0.1) is 5.56 Å². The molecule has 1 saturated carbocycles. The SMILES string of the molecule is CCNc1ncc(Br)cc1C(=O)NCC1(CC)CC1. The van der Waals surface area contributed by atoms with Crippen LogP contribution in [0.25, 0.3) is 0 Å². The van der Waals surface area contributed by atoms with E-state index in [2.05, 4.69) is 38.5 Å². The van der Waals surface area contributed by atoms with Crippen LogP contribution in [0.3, 0.4) is 0 Å². The number of nitrogens with zero attached hydrogens (tertiary/aromatic N) is 1. The van der Waals surface area contributed by atoms with Crippen molar-refractivity contribution in [3.05, 3.63) is 22.3 Å². The molecule has 1 aromatic heterocycles. The van der Waals surface area contributed by atoms with Gasteiger partial charge < -0.3 is 10.6 Å². The molecule has 5 heteroatoms. The van der Waals surface area contributed by atoms with Gasteiger partial charge in [-0.05, 0) is 53.6 Å². The summed E-state index contributed by atoms with van der Waals surface area (Å²) in [5.41, 5.74) is 0.955. The molecule has 0 radical (unpaired) electrons. The van der Waals surface area contributed by atoms with E-state index in [1.807, 2.05) is 13.0 Å². The van der Waals surface area contributed by atoms with Gasteiger partial charge in [-0.3, -0.25) is 4.79 Å². The zero-order chi connectivity index (χ0) is 13.9. The maximum atomic E-state index is 12.3. The van der Waals surface area contributed by atoms with Gasteiger partial charge in [0.25, 0.3) is 5.91 Å². The number of rotatable bonds is 6. The first kappa shape index (κ1) is 14.3. The van der Waals surface area contributed by atoms with Crippen LogP contribution in [0.15, 0.2) is 16.7 Å². The molecule has 104 valence electrons. The number of hydrogen-bond donors (Lipinski definition) is 2. The van der Waals surface area contributed by atoms with Crippen molar-refractivity contribution in [2.24, 2.45) is 5.41 Å². The first-order chi connectivity index (χ1) is 9.10. The number of hydrogen-bond acceptors (Lipinski definition) is 3. The summed E-state index contributed by atoms with van der Waals surface area (Å²) < 4.78 is 0.816. The zero-order valence-corrected chi connectivity index (χ0v) is 13.0. The number of carbonyl (C=O) groups is 1. The Bertz CT molecular complexity index is 472. The lowest BCUT2D eigenvalue weighted by atomic mass is 10.0. The molecule has 1 aliphatic carbocycles. The van der Waals surface area contributed by atoms with E-state index in [4.69, 9.17) is 0 Å². The smallest absolute Gasteiger partial charge is 0.255 e. The summed E-state index contributed by atoms with van der Waals surface area (Å²) >= 11 is 3.36. The normalized spacial score (nSPS) is 15.9. The molecule has 0 bridgehead atoms. The van der Waals surface area contributed by atoms with Crippen molar-refractivity contribution in [3.63, 3.8) is 0 Å². The van der Waals surface area contributed by atoms with E-state index < -0.39 is 0 Å². The minimum Gasteiger partial charge on any atom is -0.370 e. The van der Waals surface area contributed by atoms with Gasteiger partial charge in [-0.1, -0.05) is 6.92 Å². The van der Waals surface area contributed by atoms with Crippen LogP contribution in [-0.2, 0) is 0 Å². The molecular weight excluding hydrogens is 306 g/mol. The summed E-state index contributed by atoms with van der Waals surface area (Å²) in [7, 11) is 0. The fraction of sp³-hybridized carbons (Fsp3) is 0.571. The minimum atomic E-state index is -0.0514. The number of pyridine rings is 1.